The Hall–Kier alpha value is -2.37. The maximum atomic E-state index is 13.0. The van der Waals surface area contributed by atoms with E-state index in [-0.39, 0.29) is 23.2 Å². The molecule has 4 fully saturated rings. The minimum Gasteiger partial charge on any atom is -0.508 e. The van der Waals surface area contributed by atoms with Crippen molar-refractivity contribution in [1.29, 1.82) is 0 Å². The third-order valence-electron chi connectivity index (χ3n) is 9.61. The number of aryl methyl sites for hydroxylation is 1. The van der Waals surface area contributed by atoms with Crippen LogP contribution >= 0.6 is 0 Å². The first kappa shape index (κ1) is 21.0. The highest BCUT2D eigenvalue weighted by atomic mass is 16.5. The van der Waals surface area contributed by atoms with Gasteiger partial charge in [-0.3, -0.25) is 9.69 Å². The van der Waals surface area contributed by atoms with Gasteiger partial charge >= 0.3 is 0 Å². The highest BCUT2D eigenvalue weighted by Crippen LogP contribution is 2.66. The van der Waals surface area contributed by atoms with Gasteiger partial charge < -0.3 is 15.2 Å². The lowest BCUT2D eigenvalue weighted by atomic mass is 9.52. The molecule has 2 N–H and O–H groups in total. The fourth-order valence-electron chi connectivity index (χ4n) is 8.01. The maximum absolute atomic E-state index is 13.0. The molecule has 2 aromatic carbocycles. The predicted octanol–water partition coefficient (Wildman–Crippen LogP) is 4.17. The predicted molar refractivity (Wildman–Crippen MR) is 130 cm³/mol. The zero-order valence-electron chi connectivity index (χ0n) is 19.9. The number of aromatic hydroxyl groups is 1. The van der Waals surface area contributed by atoms with Gasteiger partial charge in [0.15, 0.2) is 0 Å². The van der Waals surface area contributed by atoms with E-state index in [2.05, 4.69) is 16.3 Å². The van der Waals surface area contributed by atoms with Gasteiger partial charge in [-0.1, -0.05) is 23.8 Å². The molecular weight excluding hydrogens is 424 g/mol. The SMILES string of the molecule is Cc1ccc(C(=O)NC[C@]23CCC(O2)C24Cc5ccc(O)cc5C(CCN2CC2CC2)C43)cc1. The number of nitrogens with one attached hydrogen (secondary N) is 1. The number of hydrogen-bond acceptors (Lipinski definition) is 4. The number of fused-ring (bicyclic) bond motifs is 4. The van der Waals surface area contributed by atoms with Gasteiger partial charge in [-0.15, -0.1) is 0 Å². The van der Waals surface area contributed by atoms with E-state index in [1.165, 1.54) is 30.5 Å². The number of likely N-dealkylation sites (tertiary alicyclic amines) is 1. The van der Waals surface area contributed by atoms with Crippen LogP contribution in [-0.4, -0.2) is 52.8 Å². The van der Waals surface area contributed by atoms with Crippen LogP contribution in [0.1, 0.15) is 65.1 Å². The van der Waals surface area contributed by atoms with Gasteiger partial charge in [-0.25, -0.2) is 0 Å². The zero-order chi connectivity index (χ0) is 23.1. The largest absolute Gasteiger partial charge is 0.508 e. The van der Waals surface area contributed by atoms with Crippen LogP contribution in [0.5, 0.6) is 5.75 Å². The van der Waals surface area contributed by atoms with Gasteiger partial charge in [0.25, 0.3) is 5.91 Å². The Labute approximate surface area is 201 Å². The number of hydrogen-bond donors (Lipinski definition) is 2. The van der Waals surface area contributed by atoms with E-state index in [9.17, 15) is 9.90 Å². The van der Waals surface area contributed by atoms with Crippen LogP contribution in [-0.2, 0) is 11.2 Å². The maximum Gasteiger partial charge on any atom is 0.251 e. The van der Waals surface area contributed by atoms with E-state index < -0.39 is 0 Å². The first-order valence-electron chi connectivity index (χ1n) is 13.1. The van der Waals surface area contributed by atoms with Crippen molar-refractivity contribution >= 4 is 5.91 Å². The van der Waals surface area contributed by atoms with Crippen molar-refractivity contribution in [2.45, 2.75) is 68.6 Å². The number of phenols is 1. The highest BCUT2D eigenvalue weighted by Gasteiger charge is 2.73. The molecule has 5 heteroatoms. The standard InChI is InChI=1S/C29H34N2O3/c1-18-2-6-20(7-3-18)27(33)30-17-28-12-10-25(34-28)29-15-21-8-9-22(32)14-24(21)23(26(28)29)11-13-31(29)16-19-4-5-19/h2-3,6-9,14,19,23,25-26,32H,4-5,10-13,15-17H2,1H3,(H,30,33)/t23?,25?,26?,28-,29?/m0/s1. The Morgan fingerprint density at radius 3 is 2.76 bits per heavy atom. The summed E-state index contributed by atoms with van der Waals surface area (Å²) in [6, 6.07) is 13.8. The lowest BCUT2D eigenvalue weighted by molar-refractivity contribution is -0.0545. The van der Waals surface area contributed by atoms with Crippen molar-refractivity contribution in [3.8, 4) is 5.75 Å². The molecule has 3 aliphatic heterocycles. The summed E-state index contributed by atoms with van der Waals surface area (Å²) in [6.45, 7) is 4.89. The molecule has 0 radical (unpaired) electrons. The molecule has 2 aliphatic carbocycles. The lowest BCUT2D eigenvalue weighted by Gasteiger charge is -2.60. The average Bonchev–Trinajstić information content (AvgIpc) is 3.48. The summed E-state index contributed by atoms with van der Waals surface area (Å²) in [4.78, 5) is 15.8. The number of phenolic OH excluding ortho intramolecular Hbond substituents is 1. The topological polar surface area (TPSA) is 61.8 Å². The number of benzene rings is 2. The summed E-state index contributed by atoms with van der Waals surface area (Å²) in [7, 11) is 0. The van der Waals surface area contributed by atoms with E-state index in [0.29, 0.717) is 29.7 Å². The quantitative estimate of drug-likeness (QED) is 0.706. The first-order chi connectivity index (χ1) is 16.5. The molecule has 5 aliphatic rings. The van der Waals surface area contributed by atoms with Crippen LogP contribution in [0.2, 0.25) is 0 Å². The molecule has 1 saturated carbocycles. The molecule has 5 nitrogen and oxygen atoms in total. The minimum atomic E-state index is -0.332. The molecule has 4 bridgehead atoms. The minimum absolute atomic E-state index is 0.0162. The Morgan fingerprint density at radius 2 is 1.97 bits per heavy atom. The Kier molecular flexibility index (Phi) is 4.51. The molecule has 0 spiro atoms. The normalized spacial score (nSPS) is 35.6. The molecule has 4 unspecified atom stereocenters. The second-order valence-electron chi connectivity index (χ2n) is 11.6. The van der Waals surface area contributed by atoms with Crippen molar-refractivity contribution in [3.05, 3.63) is 64.7 Å². The summed E-state index contributed by atoms with van der Waals surface area (Å²) in [6.07, 6.45) is 7.09. The summed E-state index contributed by atoms with van der Waals surface area (Å²) in [5.41, 5.74) is 4.24. The number of carbonyl (C=O) groups excluding carboxylic acids is 1. The van der Waals surface area contributed by atoms with E-state index in [0.717, 1.165) is 43.7 Å². The molecule has 34 heavy (non-hydrogen) atoms. The van der Waals surface area contributed by atoms with E-state index in [1.807, 2.05) is 43.3 Å². The number of ether oxygens (including phenoxy) is 1. The number of carbonyl (C=O) groups is 1. The van der Waals surface area contributed by atoms with Crippen LogP contribution in [0.25, 0.3) is 0 Å². The van der Waals surface area contributed by atoms with Gasteiger partial charge in [0.05, 0.1) is 17.2 Å². The fourth-order valence-corrected chi connectivity index (χ4v) is 8.01. The van der Waals surface area contributed by atoms with Crippen LogP contribution in [0.15, 0.2) is 42.5 Å². The Bertz CT molecular complexity index is 1140. The summed E-state index contributed by atoms with van der Waals surface area (Å²) in [5.74, 6) is 1.89. The van der Waals surface area contributed by atoms with Crippen molar-refractivity contribution < 1.29 is 14.6 Å². The van der Waals surface area contributed by atoms with Gasteiger partial charge in [0.1, 0.15) is 5.75 Å². The first-order valence-corrected chi connectivity index (χ1v) is 13.1. The average molecular weight is 459 g/mol. The molecular formula is C29H34N2O3. The van der Waals surface area contributed by atoms with E-state index >= 15 is 0 Å². The fraction of sp³-hybridized carbons (Fsp3) is 0.552. The molecule has 1 amide bonds. The van der Waals surface area contributed by atoms with E-state index in [1.54, 1.807) is 0 Å². The van der Waals surface area contributed by atoms with Gasteiger partial charge in [0, 0.05) is 24.6 Å². The Morgan fingerprint density at radius 1 is 1.15 bits per heavy atom. The second-order valence-corrected chi connectivity index (χ2v) is 11.6. The van der Waals surface area contributed by atoms with E-state index in [4.69, 9.17) is 4.74 Å². The molecule has 0 aromatic heterocycles. The van der Waals surface area contributed by atoms with Crippen LogP contribution in [0.4, 0.5) is 0 Å². The molecule has 2 aromatic rings. The van der Waals surface area contributed by atoms with Crippen molar-refractivity contribution in [3.63, 3.8) is 0 Å². The molecule has 7 rings (SSSR count). The number of amides is 1. The van der Waals surface area contributed by atoms with Crippen molar-refractivity contribution in [2.24, 2.45) is 11.8 Å². The number of nitrogens with zero attached hydrogens (tertiary/aromatic N) is 1. The van der Waals surface area contributed by atoms with Gasteiger partial charge in [0.2, 0.25) is 0 Å². The molecule has 3 heterocycles. The molecule has 3 saturated heterocycles. The van der Waals surface area contributed by atoms with Crippen LogP contribution in [0, 0.1) is 18.8 Å². The third-order valence-corrected chi connectivity index (χ3v) is 9.61. The number of rotatable bonds is 5. The summed E-state index contributed by atoms with van der Waals surface area (Å²) >= 11 is 0. The monoisotopic (exact) mass is 458 g/mol. The van der Waals surface area contributed by atoms with Crippen LogP contribution in [0.3, 0.4) is 0 Å². The van der Waals surface area contributed by atoms with Crippen molar-refractivity contribution in [2.75, 3.05) is 19.6 Å². The summed E-state index contributed by atoms with van der Waals surface area (Å²) in [5, 5.41) is 13.6. The molecule has 5 atom stereocenters. The smallest absolute Gasteiger partial charge is 0.251 e. The number of piperidine rings is 1. The van der Waals surface area contributed by atoms with Crippen molar-refractivity contribution in [1.82, 2.24) is 10.2 Å². The van der Waals surface area contributed by atoms with Gasteiger partial charge in [-0.2, -0.15) is 0 Å². The second kappa shape index (κ2) is 7.32. The highest BCUT2D eigenvalue weighted by molar-refractivity contribution is 5.94. The van der Waals surface area contributed by atoms with Crippen LogP contribution < -0.4 is 5.32 Å². The third kappa shape index (κ3) is 2.96. The zero-order valence-corrected chi connectivity index (χ0v) is 19.9. The van der Waals surface area contributed by atoms with Gasteiger partial charge in [-0.05, 0) is 99.2 Å². The molecule has 178 valence electrons. The Balaban J connectivity index is 1.25. The summed E-state index contributed by atoms with van der Waals surface area (Å²) < 4.78 is 6.99. The lowest BCUT2D eigenvalue weighted by Crippen LogP contribution is -2.70.